The summed E-state index contributed by atoms with van der Waals surface area (Å²) in [4.78, 5) is 13.2. The first kappa shape index (κ1) is 13.0. The molecule has 0 aliphatic heterocycles. The number of nitrogens with zero attached hydrogens (tertiary/aromatic N) is 1. The van der Waals surface area contributed by atoms with Crippen molar-refractivity contribution in [1.29, 1.82) is 0 Å². The Balaban J connectivity index is 2.25. The minimum atomic E-state index is 0.0438. The molecule has 0 unspecified atom stereocenters. The number of carbonyl (C=O) groups excluding carboxylic acids is 1. The molecule has 0 bridgehead atoms. The summed E-state index contributed by atoms with van der Waals surface area (Å²) >= 11 is 4.00. The number of thiol groups is 1. The van der Waals surface area contributed by atoms with Gasteiger partial charge in [-0.15, -0.1) is 0 Å². The molecule has 0 N–H and O–H groups in total. The Kier molecular flexibility index (Phi) is 3.92. The molecule has 0 aromatic heterocycles. The van der Waals surface area contributed by atoms with Crippen LogP contribution in [0.25, 0.3) is 10.8 Å². The van der Waals surface area contributed by atoms with E-state index in [2.05, 4.69) is 56.0 Å². The minimum Gasteiger partial charge on any atom is -0.341 e. The summed E-state index contributed by atoms with van der Waals surface area (Å²) in [5.74, 6) is 0.297. The zero-order valence-corrected chi connectivity index (χ0v) is 11.6. The highest BCUT2D eigenvalue weighted by Crippen LogP contribution is 2.18. The van der Waals surface area contributed by atoms with Gasteiger partial charge in [-0.1, -0.05) is 35.9 Å². The van der Waals surface area contributed by atoms with E-state index in [9.17, 15) is 4.79 Å². The van der Waals surface area contributed by atoms with Gasteiger partial charge in [-0.2, -0.15) is 12.6 Å². The molecule has 0 spiro atoms. The molecule has 0 aliphatic carbocycles. The van der Waals surface area contributed by atoms with Crippen molar-refractivity contribution >= 4 is 29.3 Å². The average molecular weight is 259 g/mol. The highest BCUT2D eigenvalue weighted by molar-refractivity contribution is 7.81. The molecule has 0 fully saturated rings. The van der Waals surface area contributed by atoms with E-state index < -0.39 is 0 Å². The van der Waals surface area contributed by atoms with Crippen molar-refractivity contribution in [2.75, 3.05) is 12.8 Å². The van der Waals surface area contributed by atoms with Crippen LogP contribution in [0.3, 0.4) is 0 Å². The molecule has 0 saturated carbocycles. The second-order valence-electron chi connectivity index (χ2n) is 4.59. The first-order valence-corrected chi connectivity index (χ1v) is 6.57. The highest BCUT2D eigenvalue weighted by Gasteiger charge is 2.07. The Bertz CT molecular complexity index is 580. The standard InChI is InChI=1S/C15H17NOS/c1-11-3-5-14-8-12(4-6-13(14)7-11)9-16(2)15(17)10-18/h3-8,18H,9-10H2,1-2H3. The third kappa shape index (κ3) is 2.85. The predicted octanol–water partition coefficient (Wildman–Crippen LogP) is 3.04. The fourth-order valence-electron chi connectivity index (χ4n) is 2.00. The molecule has 3 heteroatoms. The summed E-state index contributed by atoms with van der Waals surface area (Å²) < 4.78 is 0. The van der Waals surface area contributed by atoms with Crippen LogP contribution in [0.15, 0.2) is 36.4 Å². The van der Waals surface area contributed by atoms with E-state index in [1.54, 1.807) is 11.9 Å². The number of aryl methyl sites for hydroxylation is 1. The van der Waals surface area contributed by atoms with Crippen LogP contribution >= 0.6 is 12.6 Å². The van der Waals surface area contributed by atoms with Gasteiger partial charge in [0.25, 0.3) is 0 Å². The number of carbonyl (C=O) groups is 1. The average Bonchev–Trinajstić information content (AvgIpc) is 2.38. The first-order valence-electron chi connectivity index (χ1n) is 5.94. The smallest absolute Gasteiger partial charge is 0.232 e. The largest absolute Gasteiger partial charge is 0.341 e. The fraction of sp³-hybridized carbons (Fsp3) is 0.267. The van der Waals surface area contributed by atoms with Gasteiger partial charge in [0.15, 0.2) is 0 Å². The maximum Gasteiger partial charge on any atom is 0.232 e. The minimum absolute atomic E-state index is 0.0438. The van der Waals surface area contributed by atoms with E-state index in [0.717, 1.165) is 5.56 Å². The number of fused-ring (bicyclic) bond motifs is 1. The van der Waals surface area contributed by atoms with Crippen LogP contribution in [0, 0.1) is 6.92 Å². The number of rotatable bonds is 3. The van der Waals surface area contributed by atoms with E-state index in [0.29, 0.717) is 6.54 Å². The van der Waals surface area contributed by atoms with Crippen LogP contribution < -0.4 is 0 Å². The van der Waals surface area contributed by atoms with E-state index in [1.807, 2.05) is 0 Å². The van der Waals surface area contributed by atoms with Crippen LogP contribution in [-0.2, 0) is 11.3 Å². The maximum absolute atomic E-state index is 11.5. The molecule has 94 valence electrons. The van der Waals surface area contributed by atoms with Crippen molar-refractivity contribution in [2.45, 2.75) is 13.5 Å². The summed E-state index contributed by atoms with van der Waals surface area (Å²) in [5, 5.41) is 2.45. The first-order chi connectivity index (χ1) is 8.60. The third-order valence-electron chi connectivity index (χ3n) is 3.04. The van der Waals surface area contributed by atoms with Gasteiger partial charge in [0.1, 0.15) is 0 Å². The van der Waals surface area contributed by atoms with Gasteiger partial charge in [-0.3, -0.25) is 4.79 Å². The second kappa shape index (κ2) is 5.44. The van der Waals surface area contributed by atoms with E-state index in [4.69, 9.17) is 0 Å². The van der Waals surface area contributed by atoms with Crippen LogP contribution in [-0.4, -0.2) is 23.6 Å². The van der Waals surface area contributed by atoms with Crippen molar-refractivity contribution in [1.82, 2.24) is 4.90 Å². The summed E-state index contributed by atoms with van der Waals surface area (Å²) in [6.07, 6.45) is 0. The van der Waals surface area contributed by atoms with Crippen molar-refractivity contribution < 1.29 is 4.79 Å². The molecular weight excluding hydrogens is 242 g/mol. The van der Waals surface area contributed by atoms with Crippen LogP contribution in [0.5, 0.6) is 0 Å². The van der Waals surface area contributed by atoms with Gasteiger partial charge in [-0.05, 0) is 29.3 Å². The molecular formula is C15H17NOS. The van der Waals surface area contributed by atoms with Gasteiger partial charge in [0, 0.05) is 13.6 Å². The Labute approximate surface area is 113 Å². The van der Waals surface area contributed by atoms with E-state index in [1.165, 1.54) is 16.3 Å². The topological polar surface area (TPSA) is 20.3 Å². The third-order valence-corrected chi connectivity index (χ3v) is 3.31. The van der Waals surface area contributed by atoms with E-state index in [-0.39, 0.29) is 11.7 Å². The molecule has 0 aliphatic rings. The van der Waals surface area contributed by atoms with Crippen molar-refractivity contribution in [3.8, 4) is 0 Å². The number of amides is 1. The number of hydrogen-bond acceptors (Lipinski definition) is 2. The summed E-state index contributed by atoms with van der Waals surface area (Å²) in [5.41, 5.74) is 2.40. The Morgan fingerprint density at radius 2 is 1.83 bits per heavy atom. The van der Waals surface area contributed by atoms with Crippen molar-refractivity contribution in [2.24, 2.45) is 0 Å². The second-order valence-corrected chi connectivity index (χ2v) is 4.91. The molecule has 2 nitrogen and oxygen atoms in total. The maximum atomic E-state index is 11.5. The number of benzene rings is 2. The molecule has 18 heavy (non-hydrogen) atoms. The molecule has 2 rings (SSSR count). The summed E-state index contributed by atoms with van der Waals surface area (Å²) in [6, 6.07) is 12.7. The molecule has 2 aromatic rings. The van der Waals surface area contributed by atoms with Gasteiger partial charge in [0.05, 0.1) is 5.75 Å². The van der Waals surface area contributed by atoms with Crippen LogP contribution in [0.4, 0.5) is 0 Å². The summed E-state index contributed by atoms with van der Waals surface area (Å²) in [7, 11) is 1.80. The Hall–Kier alpha value is -1.48. The van der Waals surface area contributed by atoms with Gasteiger partial charge >= 0.3 is 0 Å². The lowest BCUT2D eigenvalue weighted by Crippen LogP contribution is -2.27. The zero-order valence-electron chi connectivity index (χ0n) is 10.7. The van der Waals surface area contributed by atoms with Gasteiger partial charge in [0.2, 0.25) is 5.91 Å². The SMILES string of the molecule is Cc1ccc2cc(CN(C)C(=O)CS)ccc2c1. The fourth-order valence-corrected chi connectivity index (χ4v) is 2.24. The lowest BCUT2D eigenvalue weighted by atomic mass is 10.0. The zero-order chi connectivity index (χ0) is 13.1. The Morgan fingerprint density at radius 3 is 2.56 bits per heavy atom. The van der Waals surface area contributed by atoms with Gasteiger partial charge in [-0.25, -0.2) is 0 Å². The monoisotopic (exact) mass is 259 g/mol. The summed E-state index contributed by atoms with van der Waals surface area (Å²) in [6.45, 7) is 2.72. The van der Waals surface area contributed by atoms with Crippen LogP contribution in [0.2, 0.25) is 0 Å². The lowest BCUT2D eigenvalue weighted by Gasteiger charge is -2.16. The van der Waals surface area contributed by atoms with Crippen molar-refractivity contribution in [3.63, 3.8) is 0 Å². The lowest BCUT2D eigenvalue weighted by molar-refractivity contribution is -0.127. The van der Waals surface area contributed by atoms with Crippen LogP contribution in [0.1, 0.15) is 11.1 Å². The molecule has 0 heterocycles. The van der Waals surface area contributed by atoms with E-state index >= 15 is 0 Å². The normalized spacial score (nSPS) is 10.6. The predicted molar refractivity (Wildman–Crippen MR) is 79.0 cm³/mol. The van der Waals surface area contributed by atoms with Gasteiger partial charge < -0.3 is 4.90 Å². The highest BCUT2D eigenvalue weighted by atomic mass is 32.1. The molecule has 0 radical (unpaired) electrons. The molecule has 0 saturated heterocycles. The van der Waals surface area contributed by atoms with Crippen molar-refractivity contribution in [3.05, 3.63) is 47.5 Å². The quantitative estimate of drug-likeness (QED) is 0.840. The molecule has 1 amide bonds. The molecule has 0 atom stereocenters. The number of hydrogen-bond donors (Lipinski definition) is 1. The molecule has 2 aromatic carbocycles. The Morgan fingerprint density at radius 1 is 1.17 bits per heavy atom.